The topological polar surface area (TPSA) is 113 Å². The first-order chi connectivity index (χ1) is 13.6. The molecule has 2 amide bonds. The number of nitriles is 1. The molecular formula is C19H16ClFN4O4. The molecule has 8 nitrogen and oxygen atoms in total. The number of rotatable bonds is 5. The Morgan fingerprint density at radius 2 is 2.00 bits per heavy atom. The molecule has 29 heavy (non-hydrogen) atoms. The zero-order valence-corrected chi connectivity index (χ0v) is 16.3. The van der Waals surface area contributed by atoms with E-state index in [0.717, 1.165) is 6.07 Å². The number of benzene rings is 1. The van der Waals surface area contributed by atoms with Gasteiger partial charge in [-0.1, -0.05) is 11.6 Å². The average Bonchev–Trinajstić information content (AvgIpc) is 2.96. The van der Waals surface area contributed by atoms with E-state index in [1.807, 2.05) is 0 Å². The van der Waals surface area contributed by atoms with E-state index in [2.05, 4.69) is 10.6 Å². The second-order valence-electron chi connectivity index (χ2n) is 6.89. The van der Waals surface area contributed by atoms with Gasteiger partial charge in [0.15, 0.2) is 0 Å². The van der Waals surface area contributed by atoms with Crippen LogP contribution < -0.4 is 10.6 Å². The standard InChI is InChI=1S/C19H16ClFN4O4/c1-19(8-29-9-19)24-18(28)15(26)12-6-14(25(2)16(12)20)17(27)23-11-3-4-13(21)10(5-11)7-22/h3-6H,8-9H2,1-2H3,(H,23,27)(H,24,28). The fourth-order valence-corrected chi connectivity index (χ4v) is 3.01. The minimum atomic E-state index is -0.883. The number of carbonyl (C=O) groups excluding carboxylic acids is 3. The Bertz CT molecular complexity index is 1070. The molecule has 1 aromatic heterocycles. The third-order valence-electron chi connectivity index (χ3n) is 4.44. The summed E-state index contributed by atoms with van der Waals surface area (Å²) in [7, 11) is 1.46. The summed E-state index contributed by atoms with van der Waals surface area (Å²) in [5.74, 6) is -3.10. The van der Waals surface area contributed by atoms with Gasteiger partial charge in [0, 0.05) is 12.7 Å². The maximum Gasteiger partial charge on any atom is 0.293 e. The van der Waals surface area contributed by atoms with Gasteiger partial charge in [0.1, 0.15) is 22.7 Å². The molecule has 1 aliphatic rings. The number of Topliss-reactive ketones (excluding diaryl/α,β-unsaturated/α-hetero) is 1. The Hall–Kier alpha value is -3.22. The molecule has 0 spiro atoms. The molecule has 2 heterocycles. The molecule has 2 N–H and O–H groups in total. The van der Waals surface area contributed by atoms with Crippen LogP contribution in [0.2, 0.25) is 5.15 Å². The van der Waals surface area contributed by atoms with Gasteiger partial charge in [-0.15, -0.1) is 0 Å². The number of amides is 2. The molecule has 150 valence electrons. The molecule has 1 saturated heterocycles. The number of anilines is 1. The molecule has 0 atom stereocenters. The van der Waals surface area contributed by atoms with Gasteiger partial charge in [0.2, 0.25) is 0 Å². The van der Waals surface area contributed by atoms with Crippen molar-refractivity contribution < 1.29 is 23.5 Å². The van der Waals surface area contributed by atoms with Crippen LogP contribution in [0.5, 0.6) is 0 Å². The summed E-state index contributed by atoms with van der Waals surface area (Å²) in [4.78, 5) is 37.3. The van der Waals surface area contributed by atoms with Crippen molar-refractivity contribution in [3.8, 4) is 6.07 Å². The van der Waals surface area contributed by atoms with Crippen LogP contribution in [0.1, 0.15) is 33.3 Å². The van der Waals surface area contributed by atoms with Crippen molar-refractivity contribution in [1.82, 2.24) is 9.88 Å². The lowest BCUT2D eigenvalue weighted by atomic mass is 10.00. The van der Waals surface area contributed by atoms with Crippen LogP contribution in [-0.2, 0) is 16.6 Å². The zero-order valence-electron chi connectivity index (χ0n) is 15.5. The van der Waals surface area contributed by atoms with Gasteiger partial charge in [-0.25, -0.2) is 4.39 Å². The van der Waals surface area contributed by atoms with Crippen LogP contribution in [0.3, 0.4) is 0 Å². The maximum absolute atomic E-state index is 13.4. The number of halogens is 2. The lowest BCUT2D eigenvalue weighted by Gasteiger charge is -2.38. The molecule has 0 aliphatic carbocycles. The molecule has 1 aromatic carbocycles. The van der Waals surface area contributed by atoms with Crippen LogP contribution >= 0.6 is 11.6 Å². The van der Waals surface area contributed by atoms with Crippen molar-refractivity contribution in [3.63, 3.8) is 0 Å². The molecular weight excluding hydrogens is 403 g/mol. The quantitative estimate of drug-likeness (QED) is 0.569. The zero-order chi connectivity index (χ0) is 21.3. The first-order valence-electron chi connectivity index (χ1n) is 8.46. The van der Waals surface area contributed by atoms with E-state index >= 15 is 0 Å². The highest BCUT2D eigenvalue weighted by molar-refractivity contribution is 6.47. The predicted octanol–water partition coefficient (Wildman–Crippen LogP) is 2.03. The number of aromatic nitrogens is 1. The maximum atomic E-state index is 13.4. The third kappa shape index (κ3) is 3.99. The smallest absolute Gasteiger partial charge is 0.293 e. The Kier molecular flexibility index (Phi) is 5.42. The van der Waals surface area contributed by atoms with Gasteiger partial charge in [-0.2, -0.15) is 5.26 Å². The minimum Gasteiger partial charge on any atom is -0.376 e. The van der Waals surface area contributed by atoms with Crippen molar-refractivity contribution in [3.05, 3.63) is 52.1 Å². The van der Waals surface area contributed by atoms with E-state index in [0.29, 0.717) is 13.2 Å². The fourth-order valence-electron chi connectivity index (χ4n) is 2.77. The SMILES string of the molecule is Cn1c(C(=O)Nc2ccc(F)c(C#N)c2)cc(C(=O)C(=O)NC2(C)COC2)c1Cl. The van der Waals surface area contributed by atoms with Crippen LogP contribution in [-0.4, -0.2) is 40.9 Å². The molecule has 1 aliphatic heterocycles. The molecule has 0 saturated carbocycles. The van der Waals surface area contributed by atoms with Gasteiger partial charge in [0.05, 0.1) is 29.9 Å². The number of carbonyl (C=O) groups is 3. The van der Waals surface area contributed by atoms with Gasteiger partial charge in [0.25, 0.3) is 17.6 Å². The van der Waals surface area contributed by atoms with Crippen molar-refractivity contribution in [2.45, 2.75) is 12.5 Å². The monoisotopic (exact) mass is 418 g/mol. The van der Waals surface area contributed by atoms with Crippen molar-refractivity contribution >= 4 is 34.9 Å². The first-order valence-corrected chi connectivity index (χ1v) is 8.84. The first kappa shape index (κ1) is 20.5. The lowest BCUT2D eigenvalue weighted by Crippen LogP contribution is -2.61. The number of ether oxygens (including phenoxy) is 1. The lowest BCUT2D eigenvalue weighted by molar-refractivity contribution is -0.126. The number of nitrogens with zero attached hydrogens (tertiary/aromatic N) is 2. The predicted molar refractivity (Wildman–Crippen MR) is 101 cm³/mol. The second kappa shape index (κ2) is 7.66. The summed E-state index contributed by atoms with van der Waals surface area (Å²) in [6.07, 6.45) is 0. The summed E-state index contributed by atoms with van der Waals surface area (Å²) in [6, 6.07) is 6.40. The summed E-state index contributed by atoms with van der Waals surface area (Å²) in [5, 5.41) is 13.9. The van der Waals surface area contributed by atoms with Crippen molar-refractivity contribution in [2.24, 2.45) is 7.05 Å². The van der Waals surface area contributed by atoms with Crippen LogP contribution in [0, 0.1) is 17.1 Å². The summed E-state index contributed by atoms with van der Waals surface area (Å²) < 4.78 is 19.7. The highest BCUT2D eigenvalue weighted by Gasteiger charge is 2.37. The number of ketones is 1. The normalized spacial score (nSPS) is 14.4. The molecule has 1 fully saturated rings. The Morgan fingerprint density at radius 1 is 1.31 bits per heavy atom. The van der Waals surface area contributed by atoms with Crippen LogP contribution in [0.4, 0.5) is 10.1 Å². The Labute approximate surface area is 170 Å². The molecule has 3 rings (SSSR count). The molecule has 2 aromatic rings. The molecule has 0 bridgehead atoms. The Morgan fingerprint density at radius 3 is 2.59 bits per heavy atom. The van der Waals surface area contributed by atoms with E-state index < -0.39 is 29.0 Å². The van der Waals surface area contributed by atoms with Crippen LogP contribution in [0.25, 0.3) is 0 Å². The molecule has 0 unspecified atom stereocenters. The second-order valence-corrected chi connectivity index (χ2v) is 7.25. The summed E-state index contributed by atoms with van der Waals surface area (Å²) in [5.41, 5.74) is -0.776. The van der Waals surface area contributed by atoms with E-state index in [1.165, 1.54) is 29.8 Å². The molecule has 0 radical (unpaired) electrons. The van der Waals surface area contributed by atoms with Gasteiger partial charge in [-0.3, -0.25) is 14.4 Å². The van der Waals surface area contributed by atoms with E-state index in [4.69, 9.17) is 21.6 Å². The van der Waals surface area contributed by atoms with Gasteiger partial charge >= 0.3 is 0 Å². The number of hydrogen-bond acceptors (Lipinski definition) is 5. The summed E-state index contributed by atoms with van der Waals surface area (Å²) >= 11 is 6.15. The van der Waals surface area contributed by atoms with E-state index in [-0.39, 0.29) is 27.7 Å². The number of nitrogens with one attached hydrogen (secondary N) is 2. The average molecular weight is 419 g/mol. The van der Waals surface area contributed by atoms with Crippen LogP contribution in [0.15, 0.2) is 24.3 Å². The van der Waals surface area contributed by atoms with E-state index in [1.54, 1.807) is 13.0 Å². The highest BCUT2D eigenvalue weighted by atomic mass is 35.5. The summed E-state index contributed by atoms with van der Waals surface area (Å²) in [6.45, 7) is 2.33. The molecule has 10 heteroatoms. The fraction of sp³-hybridized carbons (Fsp3) is 0.263. The van der Waals surface area contributed by atoms with Gasteiger partial charge < -0.3 is 19.9 Å². The number of hydrogen-bond donors (Lipinski definition) is 2. The van der Waals surface area contributed by atoms with Crippen molar-refractivity contribution in [1.29, 1.82) is 5.26 Å². The third-order valence-corrected chi connectivity index (χ3v) is 4.90. The minimum absolute atomic E-state index is 0.00664. The van der Waals surface area contributed by atoms with Gasteiger partial charge in [-0.05, 0) is 31.2 Å². The Balaban J connectivity index is 1.81. The highest BCUT2D eigenvalue weighted by Crippen LogP contribution is 2.23. The van der Waals surface area contributed by atoms with Crippen molar-refractivity contribution in [2.75, 3.05) is 18.5 Å². The van der Waals surface area contributed by atoms with E-state index in [9.17, 15) is 18.8 Å². The largest absolute Gasteiger partial charge is 0.376 e.